The van der Waals surface area contributed by atoms with Gasteiger partial charge in [-0.1, -0.05) is 6.07 Å². The number of benzene rings is 1. The Balaban J connectivity index is 2.66. The van der Waals surface area contributed by atoms with Crippen LogP contribution < -0.4 is 5.32 Å². The summed E-state index contributed by atoms with van der Waals surface area (Å²) in [6.07, 6.45) is -0.759. The molecular weight excluding hydrogens is 209 g/mol. The van der Waals surface area contributed by atoms with E-state index >= 15 is 0 Å². The lowest BCUT2D eigenvalue weighted by atomic mass is 10.1. The highest BCUT2D eigenvalue weighted by Crippen LogP contribution is 2.21. The molecule has 4 heteroatoms. The molecule has 1 atom stereocenters. The monoisotopic (exact) mass is 227 g/mol. The van der Waals surface area contributed by atoms with Gasteiger partial charge in [-0.05, 0) is 38.5 Å². The Morgan fingerprint density at radius 2 is 2.00 bits per heavy atom. The normalized spacial score (nSPS) is 13.8. The van der Waals surface area contributed by atoms with Crippen molar-refractivity contribution < 1.29 is 14.6 Å². The van der Waals surface area contributed by atoms with Crippen LogP contribution in [0, 0.1) is 5.82 Å². The number of hydrogen-bond donors (Lipinski definition) is 3. The van der Waals surface area contributed by atoms with Gasteiger partial charge in [-0.15, -0.1) is 0 Å². The number of phenolic OH excluding ortho intramolecular Hbond substituents is 1. The standard InChI is InChI=1S/C12H18FNO2/c1-12(2,3)14-7-11(16)8-4-5-9(13)10(15)6-8/h4-6,11,14-16H,7H2,1-3H3. The molecule has 0 saturated carbocycles. The minimum Gasteiger partial charge on any atom is -0.505 e. The van der Waals surface area contributed by atoms with Gasteiger partial charge in [0.15, 0.2) is 11.6 Å². The minimum atomic E-state index is -0.759. The first-order valence-electron chi connectivity index (χ1n) is 5.21. The molecule has 3 N–H and O–H groups in total. The van der Waals surface area contributed by atoms with Crippen LogP contribution in [0.4, 0.5) is 4.39 Å². The zero-order valence-electron chi connectivity index (χ0n) is 9.79. The van der Waals surface area contributed by atoms with Crippen molar-refractivity contribution in [2.45, 2.75) is 32.4 Å². The van der Waals surface area contributed by atoms with Crippen molar-refractivity contribution in [1.82, 2.24) is 5.32 Å². The zero-order chi connectivity index (χ0) is 12.3. The van der Waals surface area contributed by atoms with E-state index in [0.29, 0.717) is 12.1 Å². The smallest absolute Gasteiger partial charge is 0.164 e. The zero-order valence-corrected chi connectivity index (χ0v) is 9.79. The predicted molar refractivity (Wildman–Crippen MR) is 60.8 cm³/mol. The van der Waals surface area contributed by atoms with Gasteiger partial charge in [0, 0.05) is 12.1 Å². The van der Waals surface area contributed by atoms with Crippen molar-refractivity contribution in [3.63, 3.8) is 0 Å². The van der Waals surface area contributed by atoms with Crippen molar-refractivity contribution in [3.05, 3.63) is 29.6 Å². The van der Waals surface area contributed by atoms with Crippen LogP contribution in [-0.4, -0.2) is 22.3 Å². The van der Waals surface area contributed by atoms with E-state index < -0.39 is 17.7 Å². The van der Waals surface area contributed by atoms with Gasteiger partial charge in [0.25, 0.3) is 0 Å². The first kappa shape index (κ1) is 12.9. The maximum Gasteiger partial charge on any atom is 0.164 e. The lowest BCUT2D eigenvalue weighted by Crippen LogP contribution is -2.38. The summed E-state index contributed by atoms with van der Waals surface area (Å²) < 4.78 is 12.8. The fourth-order valence-corrected chi connectivity index (χ4v) is 1.26. The molecule has 0 aliphatic rings. The molecule has 0 aliphatic heterocycles. The molecule has 1 unspecified atom stereocenters. The van der Waals surface area contributed by atoms with E-state index in [9.17, 15) is 14.6 Å². The third-order valence-corrected chi connectivity index (χ3v) is 2.18. The first-order chi connectivity index (χ1) is 7.29. The molecule has 0 amide bonds. The second-order valence-electron chi connectivity index (χ2n) is 4.86. The Labute approximate surface area is 94.9 Å². The van der Waals surface area contributed by atoms with E-state index in [1.165, 1.54) is 12.1 Å². The van der Waals surface area contributed by atoms with E-state index in [2.05, 4.69) is 5.32 Å². The summed E-state index contributed by atoms with van der Waals surface area (Å²) in [6.45, 7) is 6.32. The van der Waals surface area contributed by atoms with Gasteiger partial charge in [-0.2, -0.15) is 0 Å². The summed E-state index contributed by atoms with van der Waals surface area (Å²) in [5.74, 6) is -1.12. The third-order valence-electron chi connectivity index (χ3n) is 2.18. The number of hydrogen-bond acceptors (Lipinski definition) is 3. The highest BCUT2D eigenvalue weighted by molar-refractivity contribution is 5.30. The van der Waals surface area contributed by atoms with Crippen LogP contribution in [-0.2, 0) is 0 Å². The summed E-state index contributed by atoms with van der Waals surface area (Å²) in [5.41, 5.74) is 0.402. The molecule has 3 nitrogen and oxygen atoms in total. The van der Waals surface area contributed by atoms with Crippen LogP contribution in [0.1, 0.15) is 32.4 Å². The summed E-state index contributed by atoms with van der Waals surface area (Å²) in [4.78, 5) is 0. The summed E-state index contributed by atoms with van der Waals surface area (Å²) >= 11 is 0. The number of aliphatic hydroxyl groups is 1. The summed E-state index contributed by atoms with van der Waals surface area (Å²) in [6, 6.07) is 3.85. The van der Waals surface area contributed by atoms with Crippen molar-refractivity contribution in [2.24, 2.45) is 0 Å². The highest BCUT2D eigenvalue weighted by Gasteiger charge is 2.14. The second kappa shape index (κ2) is 4.80. The number of aromatic hydroxyl groups is 1. The quantitative estimate of drug-likeness (QED) is 0.739. The molecule has 0 heterocycles. The van der Waals surface area contributed by atoms with Gasteiger partial charge in [0.05, 0.1) is 6.10 Å². The molecule has 90 valence electrons. The maximum atomic E-state index is 12.8. The fourth-order valence-electron chi connectivity index (χ4n) is 1.26. The summed E-state index contributed by atoms with van der Waals surface area (Å²) in [7, 11) is 0. The van der Waals surface area contributed by atoms with Crippen LogP contribution in [0.3, 0.4) is 0 Å². The van der Waals surface area contributed by atoms with E-state index in [0.717, 1.165) is 6.07 Å². The van der Waals surface area contributed by atoms with Crippen molar-refractivity contribution in [1.29, 1.82) is 0 Å². The lowest BCUT2D eigenvalue weighted by molar-refractivity contribution is 0.163. The van der Waals surface area contributed by atoms with E-state index in [4.69, 9.17) is 0 Å². The molecule has 1 rings (SSSR count). The number of aliphatic hydroxyl groups excluding tert-OH is 1. The Bertz CT molecular complexity index is 361. The molecule has 16 heavy (non-hydrogen) atoms. The molecule has 0 saturated heterocycles. The van der Waals surface area contributed by atoms with Gasteiger partial charge in [-0.25, -0.2) is 4.39 Å². The Hall–Kier alpha value is -1.13. The topological polar surface area (TPSA) is 52.5 Å². The van der Waals surface area contributed by atoms with Crippen LogP contribution in [0.5, 0.6) is 5.75 Å². The molecule has 0 radical (unpaired) electrons. The summed E-state index contributed by atoms with van der Waals surface area (Å²) in [5, 5.41) is 22.1. The van der Waals surface area contributed by atoms with Gasteiger partial charge in [0.2, 0.25) is 0 Å². The van der Waals surface area contributed by atoms with Crippen molar-refractivity contribution >= 4 is 0 Å². The number of β-amino-alcohol motifs (C(OH)–C–C–N with tert-alkyl or cyclic N) is 1. The highest BCUT2D eigenvalue weighted by atomic mass is 19.1. The maximum absolute atomic E-state index is 12.8. The second-order valence-corrected chi connectivity index (χ2v) is 4.86. The molecule has 1 aromatic carbocycles. The van der Waals surface area contributed by atoms with Crippen LogP contribution in [0.2, 0.25) is 0 Å². The SMILES string of the molecule is CC(C)(C)NCC(O)c1ccc(F)c(O)c1. The van der Waals surface area contributed by atoms with E-state index in [1.807, 2.05) is 20.8 Å². The minimum absolute atomic E-state index is 0.0942. The Morgan fingerprint density at radius 3 is 2.50 bits per heavy atom. The molecule has 0 bridgehead atoms. The predicted octanol–water partition coefficient (Wildman–Crippen LogP) is 1.95. The van der Waals surface area contributed by atoms with E-state index in [-0.39, 0.29) is 5.54 Å². The molecular formula is C12H18FNO2. The first-order valence-corrected chi connectivity index (χ1v) is 5.21. The van der Waals surface area contributed by atoms with Crippen LogP contribution in [0.15, 0.2) is 18.2 Å². The molecule has 0 fully saturated rings. The van der Waals surface area contributed by atoms with Gasteiger partial charge in [0.1, 0.15) is 0 Å². The number of phenols is 1. The lowest BCUT2D eigenvalue weighted by Gasteiger charge is -2.23. The Kier molecular flexibility index (Phi) is 3.88. The molecule has 0 spiro atoms. The van der Waals surface area contributed by atoms with Crippen LogP contribution >= 0.6 is 0 Å². The fraction of sp³-hybridized carbons (Fsp3) is 0.500. The Morgan fingerprint density at radius 1 is 1.38 bits per heavy atom. The van der Waals surface area contributed by atoms with Gasteiger partial charge < -0.3 is 15.5 Å². The average molecular weight is 227 g/mol. The number of rotatable bonds is 3. The molecule has 0 aromatic heterocycles. The average Bonchev–Trinajstić information content (AvgIpc) is 2.17. The van der Waals surface area contributed by atoms with Gasteiger partial charge in [-0.3, -0.25) is 0 Å². The largest absolute Gasteiger partial charge is 0.505 e. The third kappa shape index (κ3) is 3.79. The molecule has 0 aliphatic carbocycles. The van der Waals surface area contributed by atoms with Crippen molar-refractivity contribution in [2.75, 3.05) is 6.54 Å². The van der Waals surface area contributed by atoms with Crippen LogP contribution in [0.25, 0.3) is 0 Å². The van der Waals surface area contributed by atoms with Crippen molar-refractivity contribution in [3.8, 4) is 5.75 Å². The number of nitrogens with one attached hydrogen (secondary N) is 1. The van der Waals surface area contributed by atoms with Gasteiger partial charge >= 0.3 is 0 Å². The molecule has 1 aromatic rings. The number of halogens is 1. The van der Waals surface area contributed by atoms with E-state index in [1.54, 1.807) is 0 Å².